The number of aromatic nitrogens is 2. The molecule has 0 unspecified atom stereocenters. The van der Waals surface area contributed by atoms with E-state index < -0.39 is 0 Å². The summed E-state index contributed by atoms with van der Waals surface area (Å²) in [5.41, 5.74) is 3.27. The summed E-state index contributed by atoms with van der Waals surface area (Å²) in [4.78, 5) is 7.61. The maximum absolute atomic E-state index is 9.33. The van der Waals surface area contributed by atoms with Gasteiger partial charge >= 0.3 is 0 Å². The molecule has 0 spiro atoms. The summed E-state index contributed by atoms with van der Waals surface area (Å²) < 4.78 is 1.01. The van der Waals surface area contributed by atoms with Crippen LogP contribution in [0.2, 0.25) is 0 Å². The maximum atomic E-state index is 9.33. The zero-order valence-corrected chi connectivity index (χ0v) is 13.3. The van der Waals surface area contributed by atoms with Gasteiger partial charge in [0.25, 0.3) is 0 Å². The summed E-state index contributed by atoms with van der Waals surface area (Å²) in [7, 11) is 0. The fourth-order valence-electron chi connectivity index (χ4n) is 1.96. The van der Waals surface area contributed by atoms with Gasteiger partial charge in [-0.05, 0) is 35.9 Å². The molecule has 0 fully saturated rings. The van der Waals surface area contributed by atoms with E-state index in [1.165, 1.54) is 0 Å². The van der Waals surface area contributed by atoms with E-state index in [-0.39, 0.29) is 12.4 Å². The van der Waals surface area contributed by atoms with Crippen LogP contribution < -0.4 is 0 Å². The molecule has 0 aliphatic heterocycles. The molecule has 0 saturated heterocycles. The molecule has 5 heteroatoms. The predicted molar refractivity (Wildman–Crippen MR) is 91.0 cm³/mol. The predicted octanol–water partition coefficient (Wildman–Crippen LogP) is 4.81. The highest BCUT2D eigenvalue weighted by Gasteiger charge is 2.07. The van der Waals surface area contributed by atoms with Gasteiger partial charge in [0.15, 0.2) is 0 Å². The van der Waals surface area contributed by atoms with Crippen LogP contribution in [0, 0.1) is 11.3 Å². The van der Waals surface area contributed by atoms with Crippen molar-refractivity contribution in [3.8, 4) is 6.07 Å². The molecule has 3 aromatic rings. The van der Waals surface area contributed by atoms with Crippen molar-refractivity contribution in [2.45, 2.75) is 0 Å². The van der Waals surface area contributed by atoms with Gasteiger partial charge in [-0.15, -0.1) is 12.4 Å². The second-order valence-corrected chi connectivity index (χ2v) is 5.24. The zero-order valence-electron chi connectivity index (χ0n) is 10.9. The van der Waals surface area contributed by atoms with E-state index in [2.05, 4.69) is 32.0 Å². The Bertz CT molecular complexity index is 796. The Hall–Kier alpha value is -2.09. The molecular formula is C16H11BrClN3. The monoisotopic (exact) mass is 359 g/mol. The van der Waals surface area contributed by atoms with Crippen molar-refractivity contribution in [1.82, 2.24) is 9.97 Å². The number of halogens is 2. The molecule has 0 saturated carbocycles. The van der Waals surface area contributed by atoms with Crippen LogP contribution in [0.3, 0.4) is 0 Å². The topological polar surface area (TPSA) is 52.5 Å². The molecule has 0 aliphatic carbocycles. The van der Waals surface area contributed by atoms with Gasteiger partial charge in [-0.2, -0.15) is 5.26 Å². The Kier molecular flexibility index (Phi) is 4.79. The van der Waals surface area contributed by atoms with Crippen LogP contribution in [0.25, 0.3) is 22.7 Å². The molecule has 21 heavy (non-hydrogen) atoms. The van der Waals surface area contributed by atoms with E-state index in [0.717, 1.165) is 21.1 Å². The van der Waals surface area contributed by atoms with Gasteiger partial charge in [-0.3, -0.25) is 0 Å². The third-order valence-corrected chi connectivity index (χ3v) is 3.47. The Morgan fingerprint density at radius 3 is 2.52 bits per heavy atom. The van der Waals surface area contributed by atoms with Crippen LogP contribution in [0.1, 0.15) is 11.4 Å². The molecule has 0 radical (unpaired) electrons. The van der Waals surface area contributed by atoms with Gasteiger partial charge in [0.05, 0.1) is 16.6 Å². The standard InChI is InChI=1S/C16H10BrN3.ClH/c17-13-7-5-11(6-8-13)9-12(10-18)16-19-14-3-1-2-4-15(14)20-16;/h1-9H,(H,19,20);1H/b12-9+;. The van der Waals surface area contributed by atoms with E-state index in [9.17, 15) is 5.26 Å². The number of fused-ring (bicyclic) bond motifs is 1. The zero-order chi connectivity index (χ0) is 13.9. The molecule has 3 rings (SSSR count). The Morgan fingerprint density at radius 2 is 1.86 bits per heavy atom. The van der Waals surface area contributed by atoms with Crippen molar-refractivity contribution in [2.75, 3.05) is 0 Å². The van der Waals surface area contributed by atoms with Crippen LogP contribution in [-0.4, -0.2) is 9.97 Å². The summed E-state index contributed by atoms with van der Waals surface area (Å²) in [5.74, 6) is 0.594. The first-order chi connectivity index (χ1) is 9.76. The highest BCUT2D eigenvalue weighted by Crippen LogP contribution is 2.20. The quantitative estimate of drug-likeness (QED) is 0.667. The molecule has 0 atom stereocenters. The number of H-pyrrole nitrogens is 1. The Labute approximate surface area is 136 Å². The van der Waals surface area contributed by atoms with Crippen molar-refractivity contribution in [1.29, 1.82) is 5.26 Å². The lowest BCUT2D eigenvalue weighted by Gasteiger charge is -1.96. The van der Waals surface area contributed by atoms with E-state index in [1.54, 1.807) is 0 Å². The van der Waals surface area contributed by atoms with E-state index >= 15 is 0 Å². The van der Waals surface area contributed by atoms with Crippen LogP contribution in [-0.2, 0) is 0 Å². The Balaban J connectivity index is 0.00000161. The summed E-state index contributed by atoms with van der Waals surface area (Å²) in [6.45, 7) is 0. The van der Waals surface area contributed by atoms with Crippen molar-refractivity contribution in [3.63, 3.8) is 0 Å². The van der Waals surface area contributed by atoms with E-state index in [1.807, 2.05) is 54.6 Å². The second-order valence-electron chi connectivity index (χ2n) is 4.32. The lowest BCUT2D eigenvalue weighted by Crippen LogP contribution is -1.84. The van der Waals surface area contributed by atoms with Crippen LogP contribution in [0.5, 0.6) is 0 Å². The number of nitrogens with one attached hydrogen (secondary N) is 1. The van der Waals surface area contributed by atoms with Gasteiger partial charge < -0.3 is 4.98 Å². The first-order valence-electron chi connectivity index (χ1n) is 6.09. The minimum absolute atomic E-state index is 0. The number of allylic oxidation sites excluding steroid dienone is 1. The summed E-state index contributed by atoms with van der Waals surface area (Å²) in [6.07, 6.45) is 1.82. The largest absolute Gasteiger partial charge is 0.337 e. The highest BCUT2D eigenvalue weighted by molar-refractivity contribution is 9.10. The number of nitriles is 1. The number of benzene rings is 2. The minimum atomic E-state index is 0. The molecule has 1 N–H and O–H groups in total. The van der Waals surface area contributed by atoms with Crippen LogP contribution >= 0.6 is 28.3 Å². The molecule has 1 aromatic heterocycles. The number of hydrogen-bond donors (Lipinski definition) is 1. The average Bonchev–Trinajstić information content (AvgIpc) is 2.90. The Morgan fingerprint density at radius 1 is 1.14 bits per heavy atom. The molecule has 3 nitrogen and oxygen atoms in total. The fourth-order valence-corrected chi connectivity index (χ4v) is 2.22. The van der Waals surface area contributed by atoms with E-state index in [4.69, 9.17) is 0 Å². The third kappa shape index (κ3) is 3.33. The van der Waals surface area contributed by atoms with Crippen LogP contribution in [0.15, 0.2) is 53.0 Å². The molecule has 2 aromatic carbocycles. The van der Waals surface area contributed by atoms with Crippen molar-refractivity contribution >= 4 is 51.0 Å². The molecule has 0 aliphatic rings. The second kappa shape index (κ2) is 6.57. The SMILES string of the molecule is Cl.N#C/C(=C\c1ccc(Br)cc1)c1nc2ccccc2[nH]1. The first kappa shape index (κ1) is 15.3. The number of nitrogens with zero attached hydrogens (tertiary/aromatic N) is 2. The van der Waals surface area contributed by atoms with Crippen LogP contribution in [0.4, 0.5) is 0 Å². The third-order valence-electron chi connectivity index (χ3n) is 2.95. The van der Waals surface area contributed by atoms with Gasteiger partial charge in [0, 0.05) is 4.47 Å². The van der Waals surface area contributed by atoms with Gasteiger partial charge in [-0.1, -0.05) is 40.2 Å². The minimum Gasteiger partial charge on any atom is -0.337 e. The molecule has 0 bridgehead atoms. The molecule has 0 amide bonds. The molecule has 104 valence electrons. The lowest BCUT2D eigenvalue weighted by atomic mass is 10.1. The number of aromatic amines is 1. The summed E-state index contributed by atoms with van der Waals surface area (Å²) in [6, 6.07) is 17.7. The smallest absolute Gasteiger partial charge is 0.149 e. The van der Waals surface area contributed by atoms with Gasteiger partial charge in [0.1, 0.15) is 11.9 Å². The molecule has 1 heterocycles. The molecular weight excluding hydrogens is 350 g/mol. The maximum Gasteiger partial charge on any atom is 0.149 e. The van der Waals surface area contributed by atoms with Gasteiger partial charge in [-0.25, -0.2) is 4.98 Å². The highest BCUT2D eigenvalue weighted by atomic mass is 79.9. The van der Waals surface area contributed by atoms with Gasteiger partial charge in [0.2, 0.25) is 0 Å². The number of hydrogen-bond acceptors (Lipinski definition) is 2. The van der Waals surface area contributed by atoms with Crippen molar-refractivity contribution < 1.29 is 0 Å². The summed E-state index contributed by atoms with van der Waals surface area (Å²) in [5, 5.41) is 9.33. The average molecular weight is 361 g/mol. The first-order valence-corrected chi connectivity index (χ1v) is 6.88. The fraction of sp³-hybridized carbons (Fsp3) is 0. The normalized spacial score (nSPS) is 11.0. The number of imidazole rings is 1. The van der Waals surface area contributed by atoms with Crippen molar-refractivity contribution in [2.24, 2.45) is 0 Å². The van der Waals surface area contributed by atoms with Crippen molar-refractivity contribution in [3.05, 3.63) is 64.4 Å². The lowest BCUT2D eigenvalue weighted by molar-refractivity contribution is 1.27. The summed E-state index contributed by atoms with van der Waals surface area (Å²) >= 11 is 3.39. The van der Waals surface area contributed by atoms with E-state index in [0.29, 0.717) is 11.4 Å². The number of para-hydroxylation sites is 2. The number of rotatable bonds is 2.